The first-order valence-corrected chi connectivity index (χ1v) is 6.22. The summed E-state index contributed by atoms with van der Waals surface area (Å²) in [4.78, 5) is 24.5. The molecule has 6 heteroatoms. The van der Waals surface area contributed by atoms with Crippen LogP contribution >= 0.6 is 0 Å². The second-order valence-electron chi connectivity index (χ2n) is 5.27. The summed E-state index contributed by atoms with van der Waals surface area (Å²) in [6, 6.07) is -0.410. The number of hydrogen-bond donors (Lipinski definition) is 3. The second kappa shape index (κ2) is 5.56. The number of amides is 2. The van der Waals surface area contributed by atoms with Gasteiger partial charge in [0.25, 0.3) is 0 Å². The summed E-state index contributed by atoms with van der Waals surface area (Å²) < 4.78 is 0. The zero-order valence-corrected chi connectivity index (χ0v) is 11.1. The number of urea groups is 1. The van der Waals surface area contributed by atoms with Gasteiger partial charge in [-0.05, 0) is 39.0 Å². The summed E-state index contributed by atoms with van der Waals surface area (Å²) in [5, 5.41) is 21.0. The van der Waals surface area contributed by atoms with Crippen molar-refractivity contribution in [2.75, 3.05) is 13.6 Å². The van der Waals surface area contributed by atoms with Crippen LogP contribution in [0.4, 0.5) is 4.79 Å². The summed E-state index contributed by atoms with van der Waals surface area (Å²) in [6.45, 7) is 3.59. The molecular formula is C12H22N2O4. The van der Waals surface area contributed by atoms with Crippen LogP contribution in [0.3, 0.4) is 0 Å². The van der Waals surface area contributed by atoms with E-state index >= 15 is 0 Å². The van der Waals surface area contributed by atoms with E-state index in [-0.39, 0.29) is 5.92 Å². The minimum Gasteiger partial charge on any atom is -0.480 e. The van der Waals surface area contributed by atoms with Crippen LogP contribution in [-0.2, 0) is 4.79 Å². The van der Waals surface area contributed by atoms with Crippen LogP contribution in [0.2, 0.25) is 0 Å². The molecular weight excluding hydrogens is 236 g/mol. The molecule has 1 rings (SSSR count). The number of aliphatic hydroxyl groups is 1. The van der Waals surface area contributed by atoms with Crippen LogP contribution in [0.15, 0.2) is 0 Å². The molecule has 1 saturated carbocycles. The molecule has 0 aromatic rings. The molecule has 6 nitrogen and oxygen atoms in total. The van der Waals surface area contributed by atoms with Crippen molar-refractivity contribution in [3.63, 3.8) is 0 Å². The molecule has 2 atom stereocenters. The Kier molecular flexibility index (Phi) is 4.56. The minimum atomic E-state index is -1.18. The van der Waals surface area contributed by atoms with E-state index < -0.39 is 23.6 Å². The van der Waals surface area contributed by atoms with Gasteiger partial charge in [-0.15, -0.1) is 0 Å². The Labute approximate surface area is 107 Å². The molecule has 1 fully saturated rings. The smallest absolute Gasteiger partial charge is 0.329 e. The molecule has 0 bridgehead atoms. The summed E-state index contributed by atoms with van der Waals surface area (Å²) >= 11 is 0. The largest absolute Gasteiger partial charge is 0.480 e. The summed E-state index contributed by atoms with van der Waals surface area (Å²) in [7, 11) is 1.59. The molecule has 2 unspecified atom stereocenters. The zero-order chi connectivity index (χ0) is 13.9. The molecule has 2 amide bonds. The average Bonchev–Trinajstić information content (AvgIpc) is 3.08. The first-order chi connectivity index (χ1) is 8.27. The third-order valence-electron chi connectivity index (χ3n) is 3.43. The van der Waals surface area contributed by atoms with Crippen LogP contribution < -0.4 is 5.32 Å². The average molecular weight is 258 g/mol. The monoisotopic (exact) mass is 258 g/mol. The van der Waals surface area contributed by atoms with E-state index in [0.717, 1.165) is 12.8 Å². The molecule has 0 spiro atoms. The summed E-state index contributed by atoms with van der Waals surface area (Å²) in [5.41, 5.74) is -1.18. The van der Waals surface area contributed by atoms with Crippen LogP contribution in [0.25, 0.3) is 0 Å². The molecule has 3 N–H and O–H groups in total. The lowest BCUT2D eigenvalue weighted by molar-refractivity contribution is -0.144. The molecule has 0 aromatic carbocycles. The molecule has 0 aromatic heterocycles. The lowest BCUT2D eigenvalue weighted by Crippen LogP contribution is -2.57. The predicted molar refractivity (Wildman–Crippen MR) is 66.2 cm³/mol. The number of carbonyl (C=O) groups is 2. The van der Waals surface area contributed by atoms with Crippen molar-refractivity contribution in [1.82, 2.24) is 10.2 Å². The fraction of sp³-hybridized carbons (Fsp3) is 0.833. The minimum absolute atomic E-state index is 0.0177. The Bertz CT molecular complexity index is 328. The van der Waals surface area contributed by atoms with Crippen molar-refractivity contribution in [1.29, 1.82) is 0 Å². The Balaban J connectivity index is 2.53. The third-order valence-corrected chi connectivity index (χ3v) is 3.43. The fourth-order valence-electron chi connectivity index (χ4n) is 1.79. The number of carboxylic acid groups (broad SMARTS) is 1. The standard InChI is InChI=1S/C12H22N2O4/c1-8(15)6-7-14(3)11(18)13-12(2,10(16)17)9-4-5-9/h8-9,15H,4-7H2,1-3H3,(H,13,18)(H,16,17). The molecule has 18 heavy (non-hydrogen) atoms. The highest BCUT2D eigenvalue weighted by Gasteiger charge is 2.48. The van der Waals surface area contributed by atoms with Gasteiger partial charge in [0.2, 0.25) is 0 Å². The van der Waals surface area contributed by atoms with E-state index in [1.807, 2.05) is 0 Å². The third kappa shape index (κ3) is 3.60. The van der Waals surface area contributed by atoms with Crippen molar-refractivity contribution >= 4 is 12.0 Å². The van der Waals surface area contributed by atoms with Gasteiger partial charge < -0.3 is 20.4 Å². The topological polar surface area (TPSA) is 89.9 Å². The van der Waals surface area contributed by atoms with E-state index in [0.29, 0.717) is 13.0 Å². The van der Waals surface area contributed by atoms with Gasteiger partial charge in [-0.3, -0.25) is 0 Å². The lowest BCUT2D eigenvalue weighted by atomic mass is 9.96. The number of carbonyl (C=O) groups excluding carboxylic acids is 1. The highest BCUT2D eigenvalue weighted by molar-refractivity contribution is 5.86. The number of nitrogens with zero attached hydrogens (tertiary/aromatic N) is 1. The maximum atomic E-state index is 11.9. The summed E-state index contributed by atoms with van der Waals surface area (Å²) in [5.74, 6) is -0.980. The number of aliphatic carboxylic acids is 1. The molecule has 1 aliphatic rings. The number of nitrogens with one attached hydrogen (secondary N) is 1. The van der Waals surface area contributed by atoms with Crippen LogP contribution in [0.1, 0.15) is 33.1 Å². The van der Waals surface area contributed by atoms with Crippen molar-refractivity contribution < 1.29 is 19.8 Å². The Morgan fingerprint density at radius 2 is 2.06 bits per heavy atom. The first-order valence-electron chi connectivity index (χ1n) is 6.22. The Hall–Kier alpha value is -1.30. The van der Waals surface area contributed by atoms with Crippen LogP contribution in [0.5, 0.6) is 0 Å². The highest BCUT2D eigenvalue weighted by Crippen LogP contribution is 2.39. The van der Waals surface area contributed by atoms with Gasteiger partial charge in [-0.25, -0.2) is 9.59 Å². The predicted octanol–water partition coefficient (Wildman–Crippen LogP) is 0.652. The van der Waals surface area contributed by atoms with Gasteiger partial charge in [-0.1, -0.05) is 0 Å². The first kappa shape index (κ1) is 14.8. The molecule has 0 radical (unpaired) electrons. The van der Waals surface area contributed by atoms with Crippen LogP contribution in [-0.4, -0.2) is 52.3 Å². The molecule has 0 aliphatic heterocycles. The van der Waals surface area contributed by atoms with E-state index in [1.54, 1.807) is 20.9 Å². The van der Waals surface area contributed by atoms with Gasteiger partial charge in [0.15, 0.2) is 0 Å². The fourth-order valence-corrected chi connectivity index (χ4v) is 1.79. The highest BCUT2D eigenvalue weighted by atomic mass is 16.4. The number of aliphatic hydroxyl groups excluding tert-OH is 1. The maximum absolute atomic E-state index is 11.9. The second-order valence-corrected chi connectivity index (χ2v) is 5.27. The van der Waals surface area contributed by atoms with E-state index in [1.165, 1.54) is 4.90 Å². The van der Waals surface area contributed by atoms with Gasteiger partial charge in [0, 0.05) is 13.6 Å². The van der Waals surface area contributed by atoms with Crippen LogP contribution in [0, 0.1) is 5.92 Å². The molecule has 0 saturated heterocycles. The van der Waals surface area contributed by atoms with E-state index in [9.17, 15) is 14.7 Å². The Morgan fingerprint density at radius 3 is 2.44 bits per heavy atom. The normalized spacial score (nSPS) is 19.8. The van der Waals surface area contributed by atoms with Crippen molar-refractivity contribution in [2.24, 2.45) is 5.92 Å². The van der Waals surface area contributed by atoms with Gasteiger partial charge in [0.1, 0.15) is 5.54 Å². The zero-order valence-electron chi connectivity index (χ0n) is 11.1. The van der Waals surface area contributed by atoms with Crippen molar-refractivity contribution in [2.45, 2.75) is 44.8 Å². The maximum Gasteiger partial charge on any atom is 0.329 e. The Morgan fingerprint density at radius 1 is 1.50 bits per heavy atom. The number of carboxylic acids is 1. The van der Waals surface area contributed by atoms with Gasteiger partial charge in [0.05, 0.1) is 6.10 Å². The molecule has 0 heterocycles. The number of rotatable bonds is 6. The number of hydrogen-bond acceptors (Lipinski definition) is 3. The molecule has 1 aliphatic carbocycles. The van der Waals surface area contributed by atoms with Crippen molar-refractivity contribution in [3.8, 4) is 0 Å². The van der Waals surface area contributed by atoms with Gasteiger partial charge >= 0.3 is 12.0 Å². The van der Waals surface area contributed by atoms with E-state index in [4.69, 9.17) is 5.11 Å². The SMILES string of the molecule is CC(O)CCN(C)C(=O)NC(C)(C(=O)O)C1CC1. The van der Waals surface area contributed by atoms with Gasteiger partial charge in [-0.2, -0.15) is 0 Å². The lowest BCUT2D eigenvalue weighted by Gasteiger charge is -2.29. The molecule has 104 valence electrons. The van der Waals surface area contributed by atoms with E-state index in [2.05, 4.69) is 5.32 Å². The van der Waals surface area contributed by atoms with Crippen molar-refractivity contribution in [3.05, 3.63) is 0 Å². The summed E-state index contributed by atoms with van der Waals surface area (Å²) in [6.07, 6.45) is 1.66. The quantitative estimate of drug-likeness (QED) is 0.652.